The molecule has 0 spiro atoms. The Hall–Kier alpha value is -1.33. The number of sulfonamides is 1. The van der Waals surface area contributed by atoms with Crippen LogP contribution in [0, 0.1) is 6.92 Å². The van der Waals surface area contributed by atoms with E-state index in [2.05, 4.69) is 6.58 Å². The first-order valence-corrected chi connectivity index (χ1v) is 8.18. The first-order chi connectivity index (χ1) is 9.16. The summed E-state index contributed by atoms with van der Waals surface area (Å²) >= 11 is 0. The summed E-state index contributed by atoms with van der Waals surface area (Å²) in [6.07, 6.45) is 0.853. The smallest absolute Gasteiger partial charge is 0.238 e. The van der Waals surface area contributed by atoms with Gasteiger partial charge in [0.25, 0.3) is 0 Å². The number of hydrogen-bond acceptors (Lipinski definition) is 3. The number of primary sulfonamides is 1. The van der Waals surface area contributed by atoms with Gasteiger partial charge in [0.1, 0.15) is 12.4 Å². The maximum atomic E-state index is 11.7. The van der Waals surface area contributed by atoms with E-state index in [9.17, 15) is 8.42 Å². The standard InChI is InChI=1S/C15H23NO3S/c1-6-11(4)9-19-14-8-13(10(2)3)15(7-12(14)5)20(16,17)18/h7-8,10H,4,6,9H2,1-3,5H3,(H2,16,17,18). The predicted molar refractivity (Wildman–Crippen MR) is 81.6 cm³/mol. The summed E-state index contributed by atoms with van der Waals surface area (Å²) in [5.74, 6) is 0.719. The van der Waals surface area contributed by atoms with Crippen LogP contribution >= 0.6 is 0 Å². The molecule has 0 atom stereocenters. The predicted octanol–water partition coefficient (Wildman–Crippen LogP) is 3.11. The Morgan fingerprint density at radius 2 is 2.00 bits per heavy atom. The minimum absolute atomic E-state index is 0.0423. The van der Waals surface area contributed by atoms with E-state index in [4.69, 9.17) is 9.88 Å². The van der Waals surface area contributed by atoms with Crippen molar-refractivity contribution >= 4 is 10.0 Å². The van der Waals surface area contributed by atoms with E-state index >= 15 is 0 Å². The third-order valence-electron chi connectivity index (χ3n) is 3.17. The second kappa shape index (κ2) is 6.41. The molecule has 0 aliphatic heterocycles. The lowest BCUT2D eigenvalue weighted by Crippen LogP contribution is -2.16. The Kier molecular flexibility index (Phi) is 5.36. The van der Waals surface area contributed by atoms with Crippen LogP contribution in [0.4, 0.5) is 0 Å². The molecule has 0 aliphatic carbocycles. The van der Waals surface area contributed by atoms with Crippen molar-refractivity contribution in [1.29, 1.82) is 0 Å². The van der Waals surface area contributed by atoms with Gasteiger partial charge in [-0.2, -0.15) is 0 Å². The number of nitrogens with two attached hydrogens (primary N) is 1. The van der Waals surface area contributed by atoms with Gasteiger partial charge in [-0.25, -0.2) is 13.6 Å². The summed E-state index contributed by atoms with van der Waals surface area (Å²) < 4.78 is 29.0. The van der Waals surface area contributed by atoms with E-state index in [-0.39, 0.29) is 10.8 Å². The van der Waals surface area contributed by atoms with Crippen LogP contribution in [0.2, 0.25) is 0 Å². The minimum atomic E-state index is -3.73. The molecule has 1 aromatic carbocycles. The Morgan fingerprint density at radius 1 is 1.40 bits per heavy atom. The lowest BCUT2D eigenvalue weighted by atomic mass is 10.0. The van der Waals surface area contributed by atoms with Crippen LogP contribution < -0.4 is 9.88 Å². The molecule has 5 heteroatoms. The largest absolute Gasteiger partial charge is 0.489 e. The topological polar surface area (TPSA) is 69.4 Å². The van der Waals surface area contributed by atoms with E-state index in [0.717, 1.165) is 17.6 Å². The average molecular weight is 297 g/mol. The quantitative estimate of drug-likeness (QED) is 0.820. The Bertz CT molecular complexity index is 604. The first-order valence-electron chi connectivity index (χ1n) is 6.63. The molecule has 0 saturated carbocycles. The summed E-state index contributed by atoms with van der Waals surface area (Å²) in [5.41, 5.74) is 2.42. The molecule has 0 bridgehead atoms. The van der Waals surface area contributed by atoms with Gasteiger partial charge in [-0.3, -0.25) is 0 Å². The molecule has 0 unspecified atom stereocenters. The second-order valence-corrected chi connectivity index (χ2v) is 6.78. The Morgan fingerprint density at radius 3 is 2.45 bits per heavy atom. The van der Waals surface area contributed by atoms with Crippen molar-refractivity contribution in [2.45, 2.75) is 44.9 Å². The fourth-order valence-corrected chi connectivity index (χ4v) is 2.78. The molecule has 20 heavy (non-hydrogen) atoms. The zero-order chi connectivity index (χ0) is 15.5. The van der Waals surface area contributed by atoms with E-state index in [1.165, 1.54) is 0 Å². The first kappa shape index (κ1) is 16.7. The van der Waals surface area contributed by atoms with Crippen LogP contribution in [-0.2, 0) is 10.0 Å². The highest BCUT2D eigenvalue weighted by molar-refractivity contribution is 7.89. The van der Waals surface area contributed by atoms with Gasteiger partial charge in [-0.1, -0.05) is 27.4 Å². The van der Waals surface area contributed by atoms with Crippen molar-refractivity contribution in [1.82, 2.24) is 0 Å². The minimum Gasteiger partial charge on any atom is -0.489 e. The van der Waals surface area contributed by atoms with Crippen molar-refractivity contribution in [2.24, 2.45) is 5.14 Å². The van der Waals surface area contributed by atoms with Gasteiger partial charge in [0.15, 0.2) is 0 Å². The molecular weight excluding hydrogens is 274 g/mol. The summed E-state index contributed by atoms with van der Waals surface area (Å²) in [4.78, 5) is 0.173. The second-order valence-electron chi connectivity index (χ2n) is 5.25. The molecule has 0 heterocycles. The number of ether oxygens (including phenoxy) is 1. The summed E-state index contributed by atoms with van der Waals surface area (Å²) in [6.45, 7) is 12.0. The van der Waals surface area contributed by atoms with Gasteiger partial charge in [0.2, 0.25) is 10.0 Å². The summed E-state index contributed by atoms with van der Waals surface area (Å²) in [5, 5.41) is 5.28. The number of benzene rings is 1. The number of rotatable bonds is 6. The zero-order valence-corrected chi connectivity index (χ0v) is 13.4. The Balaban J connectivity index is 3.24. The van der Waals surface area contributed by atoms with Crippen molar-refractivity contribution in [3.63, 3.8) is 0 Å². The molecule has 2 N–H and O–H groups in total. The molecule has 0 radical (unpaired) electrons. The third-order valence-corrected chi connectivity index (χ3v) is 4.13. The molecule has 1 rings (SSSR count). The molecule has 1 aromatic rings. The van der Waals surface area contributed by atoms with Gasteiger partial charge in [-0.05, 0) is 48.1 Å². The average Bonchev–Trinajstić information content (AvgIpc) is 2.35. The Labute approximate surface area is 121 Å². The van der Waals surface area contributed by atoms with E-state index in [1.54, 1.807) is 12.1 Å². The normalized spacial score (nSPS) is 11.7. The maximum Gasteiger partial charge on any atom is 0.238 e. The van der Waals surface area contributed by atoms with E-state index < -0.39 is 10.0 Å². The van der Waals surface area contributed by atoms with Gasteiger partial charge in [0.05, 0.1) is 4.90 Å². The lowest BCUT2D eigenvalue weighted by Gasteiger charge is -2.16. The highest BCUT2D eigenvalue weighted by Crippen LogP contribution is 2.30. The fraction of sp³-hybridized carbons (Fsp3) is 0.467. The van der Waals surface area contributed by atoms with Crippen molar-refractivity contribution in [3.05, 3.63) is 35.4 Å². The van der Waals surface area contributed by atoms with Crippen LogP contribution in [0.15, 0.2) is 29.2 Å². The van der Waals surface area contributed by atoms with E-state index in [1.807, 2.05) is 27.7 Å². The van der Waals surface area contributed by atoms with Gasteiger partial charge >= 0.3 is 0 Å². The van der Waals surface area contributed by atoms with Crippen LogP contribution in [-0.4, -0.2) is 15.0 Å². The number of hydrogen-bond donors (Lipinski definition) is 1. The molecule has 0 aliphatic rings. The highest BCUT2D eigenvalue weighted by atomic mass is 32.2. The van der Waals surface area contributed by atoms with Crippen LogP contribution in [0.5, 0.6) is 5.75 Å². The highest BCUT2D eigenvalue weighted by Gasteiger charge is 2.19. The summed E-state index contributed by atoms with van der Waals surface area (Å²) in [6, 6.07) is 3.34. The van der Waals surface area contributed by atoms with Crippen LogP contribution in [0.25, 0.3) is 0 Å². The maximum absolute atomic E-state index is 11.7. The molecule has 112 valence electrons. The molecule has 4 nitrogen and oxygen atoms in total. The molecule has 0 aromatic heterocycles. The molecule has 0 amide bonds. The summed E-state index contributed by atoms with van der Waals surface area (Å²) in [7, 11) is -3.73. The molecular formula is C15H23NO3S. The zero-order valence-electron chi connectivity index (χ0n) is 12.6. The van der Waals surface area contributed by atoms with Crippen molar-refractivity contribution in [3.8, 4) is 5.75 Å². The van der Waals surface area contributed by atoms with E-state index in [0.29, 0.717) is 17.9 Å². The fourth-order valence-electron chi connectivity index (χ4n) is 1.81. The molecule has 0 fully saturated rings. The van der Waals surface area contributed by atoms with Crippen molar-refractivity contribution < 1.29 is 13.2 Å². The third kappa shape index (κ3) is 4.08. The lowest BCUT2D eigenvalue weighted by molar-refractivity contribution is 0.345. The van der Waals surface area contributed by atoms with Gasteiger partial charge in [-0.15, -0.1) is 0 Å². The monoisotopic (exact) mass is 297 g/mol. The van der Waals surface area contributed by atoms with Gasteiger partial charge in [0, 0.05) is 0 Å². The molecule has 0 saturated heterocycles. The van der Waals surface area contributed by atoms with Crippen LogP contribution in [0.1, 0.15) is 44.2 Å². The van der Waals surface area contributed by atoms with Crippen molar-refractivity contribution in [2.75, 3.05) is 6.61 Å². The van der Waals surface area contributed by atoms with Crippen LogP contribution in [0.3, 0.4) is 0 Å². The SMILES string of the molecule is C=C(CC)COc1cc(C(C)C)c(S(N)(=O)=O)cc1C. The number of aryl methyl sites for hydroxylation is 1. The van der Waals surface area contributed by atoms with Gasteiger partial charge < -0.3 is 4.74 Å².